The molecular formula is C17H30O4. The summed E-state index contributed by atoms with van der Waals surface area (Å²) in [6, 6.07) is 0. The number of unbranched alkanes of at least 4 members (excludes halogenated alkanes) is 7. The van der Waals surface area contributed by atoms with E-state index in [0.29, 0.717) is 13.2 Å². The van der Waals surface area contributed by atoms with Crippen LogP contribution >= 0.6 is 0 Å². The second-order valence-electron chi connectivity index (χ2n) is 5.14. The van der Waals surface area contributed by atoms with Gasteiger partial charge in [0.2, 0.25) is 0 Å². The molecule has 0 heterocycles. The third-order valence-electron chi connectivity index (χ3n) is 3.09. The first-order valence-electron chi connectivity index (χ1n) is 8.22. The Bertz CT molecular complexity index is 297. The van der Waals surface area contributed by atoms with E-state index < -0.39 is 11.9 Å². The highest BCUT2D eigenvalue weighted by molar-refractivity contribution is 5.91. The van der Waals surface area contributed by atoms with Crippen molar-refractivity contribution in [3.63, 3.8) is 0 Å². The zero-order chi connectivity index (χ0) is 15.8. The molecule has 0 unspecified atom stereocenters. The van der Waals surface area contributed by atoms with E-state index in [9.17, 15) is 9.59 Å². The summed E-state index contributed by atoms with van der Waals surface area (Å²) in [7, 11) is 0. The molecule has 4 heteroatoms. The number of hydrogen-bond donors (Lipinski definition) is 0. The van der Waals surface area contributed by atoms with E-state index in [0.717, 1.165) is 37.8 Å². The van der Waals surface area contributed by atoms with E-state index in [2.05, 4.69) is 6.92 Å². The Kier molecular flexibility index (Phi) is 14.1. The van der Waals surface area contributed by atoms with Gasteiger partial charge in [-0.25, -0.2) is 9.59 Å². The van der Waals surface area contributed by atoms with Gasteiger partial charge in [0.1, 0.15) is 0 Å². The van der Waals surface area contributed by atoms with E-state index in [1.54, 1.807) is 0 Å². The Morgan fingerprint density at radius 2 is 1.10 bits per heavy atom. The van der Waals surface area contributed by atoms with Gasteiger partial charge in [-0.2, -0.15) is 0 Å². The molecular weight excluding hydrogens is 268 g/mol. The Morgan fingerprint density at radius 3 is 1.62 bits per heavy atom. The molecule has 0 saturated heterocycles. The molecule has 0 atom stereocenters. The molecule has 0 bridgehead atoms. The average molecular weight is 298 g/mol. The number of carbonyl (C=O) groups excluding carboxylic acids is 2. The van der Waals surface area contributed by atoms with Crippen molar-refractivity contribution in [1.29, 1.82) is 0 Å². The van der Waals surface area contributed by atoms with Crippen LogP contribution in [0, 0.1) is 0 Å². The predicted molar refractivity (Wildman–Crippen MR) is 84.0 cm³/mol. The molecule has 122 valence electrons. The Hall–Kier alpha value is -1.32. The van der Waals surface area contributed by atoms with E-state index in [1.165, 1.54) is 32.1 Å². The number of hydrogen-bond acceptors (Lipinski definition) is 4. The van der Waals surface area contributed by atoms with Crippen molar-refractivity contribution in [1.82, 2.24) is 0 Å². The first-order valence-corrected chi connectivity index (χ1v) is 8.22. The quantitative estimate of drug-likeness (QED) is 0.291. The average Bonchev–Trinajstić information content (AvgIpc) is 2.48. The summed E-state index contributed by atoms with van der Waals surface area (Å²) in [6.07, 6.45) is 12.3. The highest BCUT2D eigenvalue weighted by atomic mass is 16.5. The third kappa shape index (κ3) is 14.9. The van der Waals surface area contributed by atoms with Gasteiger partial charge in [0.25, 0.3) is 0 Å². The Balaban J connectivity index is 3.46. The number of rotatable bonds is 13. The molecule has 0 fully saturated rings. The topological polar surface area (TPSA) is 52.6 Å². The molecule has 0 amide bonds. The van der Waals surface area contributed by atoms with E-state index in [1.807, 2.05) is 6.92 Å². The fraction of sp³-hybridized carbons (Fsp3) is 0.765. The molecule has 0 aromatic rings. The fourth-order valence-electron chi connectivity index (χ4n) is 1.78. The van der Waals surface area contributed by atoms with Crippen molar-refractivity contribution in [3.8, 4) is 0 Å². The third-order valence-corrected chi connectivity index (χ3v) is 3.09. The lowest BCUT2D eigenvalue weighted by molar-refractivity contribution is -0.140. The highest BCUT2D eigenvalue weighted by Crippen LogP contribution is 2.06. The SMILES string of the molecule is CCCCCCCCCOC(=O)/C=C\C(=O)OCCCC. The summed E-state index contributed by atoms with van der Waals surface area (Å²) in [5.74, 6) is -0.968. The minimum absolute atomic E-state index is 0.396. The van der Waals surface area contributed by atoms with Crippen molar-refractivity contribution < 1.29 is 19.1 Å². The second-order valence-corrected chi connectivity index (χ2v) is 5.14. The van der Waals surface area contributed by atoms with Gasteiger partial charge in [-0.05, 0) is 12.8 Å². The van der Waals surface area contributed by atoms with Crippen LogP contribution in [0.1, 0.15) is 71.6 Å². The molecule has 0 saturated carbocycles. The van der Waals surface area contributed by atoms with Gasteiger partial charge in [0.15, 0.2) is 0 Å². The van der Waals surface area contributed by atoms with Crippen LogP contribution in [0.3, 0.4) is 0 Å². The lowest BCUT2D eigenvalue weighted by atomic mass is 10.1. The minimum atomic E-state index is -0.490. The van der Waals surface area contributed by atoms with Crippen LogP contribution in [0.15, 0.2) is 12.2 Å². The van der Waals surface area contributed by atoms with Crippen molar-refractivity contribution in [3.05, 3.63) is 12.2 Å². The first kappa shape index (κ1) is 19.7. The van der Waals surface area contributed by atoms with Crippen LogP contribution in [0.2, 0.25) is 0 Å². The van der Waals surface area contributed by atoms with Crippen LogP contribution < -0.4 is 0 Å². The van der Waals surface area contributed by atoms with Gasteiger partial charge in [-0.3, -0.25) is 0 Å². The molecule has 0 radical (unpaired) electrons. The van der Waals surface area contributed by atoms with Crippen LogP contribution in [0.5, 0.6) is 0 Å². The van der Waals surface area contributed by atoms with Crippen molar-refractivity contribution in [2.24, 2.45) is 0 Å². The van der Waals surface area contributed by atoms with Crippen molar-refractivity contribution in [2.45, 2.75) is 71.6 Å². The molecule has 0 aliphatic heterocycles. The van der Waals surface area contributed by atoms with Gasteiger partial charge in [0, 0.05) is 12.2 Å². The number of esters is 2. The lowest BCUT2D eigenvalue weighted by Crippen LogP contribution is -2.06. The molecule has 0 aromatic heterocycles. The van der Waals surface area contributed by atoms with Gasteiger partial charge in [-0.1, -0.05) is 58.8 Å². The lowest BCUT2D eigenvalue weighted by Gasteiger charge is -2.02. The summed E-state index contributed by atoms with van der Waals surface area (Å²) in [6.45, 7) is 5.03. The molecule has 0 rings (SSSR count). The van der Waals surface area contributed by atoms with Crippen LogP contribution in [-0.2, 0) is 19.1 Å². The highest BCUT2D eigenvalue weighted by Gasteiger charge is 2.00. The minimum Gasteiger partial charge on any atom is -0.463 e. The molecule has 0 aliphatic rings. The number of ether oxygens (including phenoxy) is 2. The van der Waals surface area contributed by atoms with Gasteiger partial charge < -0.3 is 9.47 Å². The zero-order valence-corrected chi connectivity index (χ0v) is 13.6. The maximum Gasteiger partial charge on any atom is 0.331 e. The van der Waals surface area contributed by atoms with E-state index >= 15 is 0 Å². The molecule has 0 aromatic carbocycles. The first-order chi connectivity index (χ1) is 10.2. The fourth-order valence-corrected chi connectivity index (χ4v) is 1.78. The summed E-state index contributed by atoms with van der Waals surface area (Å²) >= 11 is 0. The Labute approximate surface area is 128 Å². The van der Waals surface area contributed by atoms with Crippen LogP contribution in [-0.4, -0.2) is 25.2 Å². The van der Waals surface area contributed by atoms with Crippen molar-refractivity contribution in [2.75, 3.05) is 13.2 Å². The van der Waals surface area contributed by atoms with E-state index in [-0.39, 0.29) is 0 Å². The smallest absolute Gasteiger partial charge is 0.331 e. The Morgan fingerprint density at radius 1 is 0.667 bits per heavy atom. The van der Waals surface area contributed by atoms with Crippen LogP contribution in [0.25, 0.3) is 0 Å². The normalized spacial score (nSPS) is 10.8. The van der Waals surface area contributed by atoms with Gasteiger partial charge >= 0.3 is 11.9 Å². The predicted octanol–water partition coefficient (Wildman–Crippen LogP) is 4.18. The summed E-state index contributed by atoms with van der Waals surface area (Å²) in [5, 5.41) is 0. The van der Waals surface area contributed by atoms with Crippen LogP contribution in [0.4, 0.5) is 0 Å². The summed E-state index contributed by atoms with van der Waals surface area (Å²) in [5.41, 5.74) is 0. The maximum absolute atomic E-state index is 11.3. The van der Waals surface area contributed by atoms with Crippen molar-refractivity contribution >= 4 is 11.9 Å². The molecule has 0 N–H and O–H groups in total. The van der Waals surface area contributed by atoms with Gasteiger partial charge in [-0.15, -0.1) is 0 Å². The summed E-state index contributed by atoms with van der Waals surface area (Å²) < 4.78 is 9.90. The zero-order valence-electron chi connectivity index (χ0n) is 13.6. The largest absolute Gasteiger partial charge is 0.463 e. The summed E-state index contributed by atoms with van der Waals surface area (Å²) in [4.78, 5) is 22.5. The van der Waals surface area contributed by atoms with Gasteiger partial charge in [0.05, 0.1) is 13.2 Å². The molecule has 0 aliphatic carbocycles. The maximum atomic E-state index is 11.3. The molecule has 0 spiro atoms. The number of carbonyl (C=O) groups is 2. The molecule has 21 heavy (non-hydrogen) atoms. The van der Waals surface area contributed by atoms with E-state index in [4.69, 9.17) is 9.47 Å². The monoisotopic (exact) mass is 298 g/mol. The second kappa shape index (κ2) is 15.1. The standard InChI is InChI=1S/C17H30O4/c1-3-5-7-8-9-10-11-15-21-17(19)13-12-16(18)20-14-6-4-2/h12-13H,3-11,14-15H2,1-2H3/b13-12-. The molecule has 4 nitrogen and oxygen atoms in total.